The number of hydrogen-bond acceptors (Lipinski definition) is 3. The Morgan fingerprint density at radius 1 is 1.17 bits per heavy atom. The molecule has 1 aromatic carbocycles. The summed E-state index contributed by atoms with van der Waals surface area (Å²) >= 11 is 0. The topological polar surface area (TPSA) is 38.8 Å². The molecule has 0 bridgehead atoms. The molecule has 0 heterocycles. The smallest absolute Gasteiger partial charge is 0.471 e. The lowest BCUT2D eigenvalue weighted by molar-refractivity contribution is -0.170. The van der Waals surface area contributed by atoms with Gasteiger partial charge in [-0.1, -0.05) is 26.8 Å². The van der Waals surface area contributed by atoms with Crippen molar-refractivity contribution in [3.8, 4) is 5.75 Å². The van der Waals surface area contributed by atoms with E-state index in [0.717, 1.165) is 4.90 Å². The summed E-state index contributed by atoms with van der Waals surface area (Å²) in [4.78, 5) is 12.9. The highest BCUT2D eigenvalue weighted by molar-refractivity contribution is 6.74. The van der Waals surface area contributed by atoms with Gasteiger partial charge in [-0.3, -0.25) is 9.69 Å². The number of methoxy groups -OCH3 is 1. The Bertz CT molecular complexity index is 697. The Morgan fingerprint density at radius 2 is 1.73 bits per heavy atom. The molecule has 8 heteroatoms. The molecule has 1 aromatic rings. The summed E-state index contributed by atoms with van der Waals surface area (Å²) in [5.41, 5.74) is 0.153. The van der Waals surface area contributed by atoms with Crippen LogP contribution in [0.2, 0.25) is 18.1 Å². The van der Waals surface area contributed by atoms with Crippen molar-refractivity contribution in [2.75, 3.05) is 18.6 Å². The fourth-order valence-corrected chi connectivity index (χ4v) is 3.78. The van der Waals surface area contributed by atoms with Gasteiger partial charge < -0.3 is 9.16 Å². The van der Waals surface area contributed by atoms with E-state index in [9.17, 15) is 18.0 Å². The summed E-state index contributed by atoms with van der Waals surface area (Å²) in [6.07, 6.45) is -1.91. The first kappa shape index (κ1) is 26.2. The van der Waals surface area contributed by atoms with E-state index in [-0.39, 0.29) is 10.7 Å². The van der Waals surface area contributed by atoms with Gasteiger partial charge in [-0.2, -0.15) is 13.2 Å². The van der Waals surface area contributed by atoms with Crippen molar-refractivity contribution in [2.45, 2.75) is 70.4 Å². The van der Waals surface area contributed by atoms with Gasteiger partial charge in [-0.15, -0.1) is 6.58 Å². The van der Waals surface area contributed by atoms with Crippen LogP contribution in [0, 0.1) is 0 Å². The lowest BCUT2D eigenvalue weighted by Crippen LogP contribution is -2.46. The first-order chi connectivity index (χ1) is 13.7. The lowest BCUT2D eigenvalue weighted by atomic mass is 10.1. The molecule has 0 unspecified atom stereocenters. The predicted octanol–water partition coefficient (Wildman–Crippen LogP) is 6.34. The van der Waals surface area contributed by atoms with Crippen LogP contribution in [-0.2, 0) is 9.22 Å². The van der Waals surface area contributed by atoms with E-state index in [2.05, 4.69) is 40.4 Å². The van der Waals surface area contributed by atoms with Crippen molar-refractivity contribution in [1.82, 2.24) is 0 Å². The number of halogens is 3. The van der Waals surface area contributed by atoms with Gasteiger partial charge in [-0.25, -0.2) is 0 Å². The van der Waals surface area contributed by atoms with Gasteiger partial charge in [0.1, 0.15) is 5.75 Å². The molecule has 0 fully saturated rings. The van der Waals surface area contributed by atoms with Crippen LogP contribution in [0.1, 0.15) is 40.0 Å². The number of rotatable bonds is 10. The Balaban J connectivity index is 2.86. The maximum Gasteiger partial charge on any atom is 0.471 e. The normalized spacial score (nSPS) is 13.6. The SMILES string of the molecule is C=C[C@H](CCCCO[Si](C)(C)C(C)(C)C)N(C(=O)C(F)(F)F)c1ccc(OC)cc1. The molecule has 0 spiro atoms. The quantitative estimate of drug-likeness (QED) is 0.240. The molecular formula is C22H34F3NO3Si. The molecule has 1 rings (SSSR count). The monoisotopic (exact) mass is 445 g/mol. The van der Waals surface area contributed by atoms with Gasteiger partial charge >= 0.3 is 12.1 Å². The summed E-state index contributed by atoms with van der Waals surface area (Å²) in [6, 6.07) is 5.16. The molecular weight excluding hydrogens is 411 g/mol. The van der Waals surface area contributed by atoms with Gasteiger partial charge in [0.25, 0.3) is 0 Å². The third kappa shape index (κ3) is 7.16. The highest BCUT2D eigenvalue weighted by Crippen LogP contribution is 2.36. The van der Waals surface area contributed by atoms with E-state index in [1.807, 2.05) is 0 Å². The highest BCUT2D eigenvalue weighted by atomic mass is 28.4. The van der Waals surface area contributed by atoms with Crippen molar-refractivity contribution in [3.05, 3.63) is 36.9 Å². The van der Waals surface area contributed by atoms with Crippen molar-refractivity contribution in [2.24, 2.45) is 0 Å². The number of ether oxygens (including phenoxy) is 1. The maximum atomic E-state index is 13.2. The number of carbonyl (C=O) groups excluding carboxylic acids is 1. The summed E-state index contributed by atoms with van der Waals surface area (Å²) in [6.45, 7) is 15.0. The first-order valence-corrected chi connectivity index (χ1v) is 13.0. The zero-order valence-corrected chi connectivity index (χ0v) is 19.8. The number of alkyl halides is 3. The molecule has 0 aliphatic carbocycles. The minimum absolute atomic E-state index is 0.0982. The molecule has 4 nitrogen and oxygen atoms in total. The molecule has 0 N–H and O–H groups in total. The van der Waals surface area contributed by atoms with Crippen molar-refractivity contribution in [1.29, 1.82) is 0 Å². The van der Waals surface area contributed by atoms with Crippen LogP contribution in [-0.4, -0.2) is 40.2 Å². The number of benzene rings is 1. The lowest BCUT2D eigenvalue weighted by Gasteiger charge is -2.36. The second-order valence-corrected chi connectivity index (χ2v) is 13.6. The van der Waals surface area contributed by atoms with E-state index in [4.69, 9.17) is 9.16 Å². The minimum Gasteiger partial charge on any atom is -0.497 e. The average Bonchev–Trinajstić information content (AvgIpc) is 2.65. The Labute approximate surface area is 179 Å². The van der Waals surface area contributed by atoms with Crippen LogP contribution < -0.4 is 9.64 Å². The van der Waals surface area contributed by atoms with Gasteiger partial charge in [0.15, 0.2) is 8.32 Å². The molecule has 0 saturated carbocycles. The molecule has 0 saturated heterocycles. The zero-order chi connectivity index (χ0) is 23.2. The fraction of sp³-hybridized carbons (Fsp3) is 0.591. The van der Waals surface area contributed by atoms with E-state index < -0.39 is 26.4 Å². The molecule has 0 aliphatic rings. The summed E-state index contributed by atoms with van der Waals surface area (Å²) in [5.74, 6) is -1.41. The fourth-order valence-electron chi connectivity index (χ4n) is 2.69. The predicted molar refractivity (Wildman–Crippen MR) is 118 cm³/mol. The Kier molecular flexibility index (Phi) is 9.17. The highest BCUT2D eigenvalue weighted by Gasteiger charge is 2.44. The summed E-state index contributed by atoms with van der Waals surface area (Å²) in [5, 5.41) is 0.0982. The zero-order valence-electron chi connectivity index (χ0n) is 18.8. The molecule has 0 radical (unpaired) electrons. The number of amides is 1. The van der Waals surface area contributed by atoms with Gasteiger partial charge in [-0.05, 0) is 61.7 Å². The van der Waals surface area contributed by atoms with E-state index in [1.165, 1.54) is 37.5 Å². The Morgan fingerprint density at radius 3 is 2.17 bits per heavy atom. The minimum atomic E-state index is -4.98. The molecule has 0 aromatic heterocycles. The van der Waals surface area contributed by atoms with Crippen LogP contribution in [0.5, 0.6) is 5.75 Å². The maximum absolute atomic E-state index is 13.2. The van der Waals surface area contributed by atoms with Crippen LogP contribution in [0.15, 0.2) is 36.9 Å². The molecule has 1 amide bonds. The average molecular weight is 446 g/mol. The van der Waals surface area contributed by atoms with Crippen LogP contribution >= 0.6 is 0 Å². The van der Waals surface area contributed by atoms with Crippen molar-refractivity contribution in [3.63, 3.8) is 0 Å². The second-order valence-electron chi connectivity index (χ2n) is 8.78. The van der Waals surface area contributed by atoms with Gasteiger partial charge in [0.2, 0.25) is 0 Å². The van der Waals surface area contributed by atoms with Crippen LogP contribution in [0.3, 0.4) is 0 Å². The third-order valence-corrected chi connectivity index (χ3v) is 10.1. The Hall–Kier alpha value is -1.80. The summed E-state index contributed by atoms with van der Waals surface area (Å²) in [7, 11) is -0.398. The standard InChI is InChI=1S/C22H34F3NO3Si/c1-8-17(11-9-10-16-29-30(6,7)21(2,3)4)26(20(27)22(23,24)25)18-12-14-19(28-5)15-13-18/h8,12-15,17H,1,9-11,16H2,2-7H3/t17-/m1/s1. The van der Waals surface area contributed by atoms with Crippen LogP contribution in [0.4, 0.5) is 18.9 Å². The molecule has 30 heavy (non-hydrogen) atoms. The van der Waals surface area contributed by atoms with E-state index >= 15 is 0 Å². The number of nitrogens with zero attached hydrogens (tertiary/aromatic N) is 1. The molecule has 0 aliphatic heterocycles. The third-order valence-electron chi connectivity index (χ3n) is 5.58. The largest absolute Gasteiger partial charge is 0.497 e. The summed E-state index contributed by atoms with van der Waals surface area (Å²) < 4.78 is 50.9. The number of hydrogen-bond donors (Lipinski definition) is 0. The number of anilines is 1. The van der Waals surface area contributed by atoms with E-state index in [0.29, 0.717) is 31.6 Å². The molecule has 170 valence electrons. The number of carbonyl (C=O) groups is 1. The first-order valence-electron chi connectivity index (χ1n) is 10.1. The van der Waals surface area contributed by atoms with Crippen molar-refractivity contribution >= 4 is 19.9 Å². The van der Waals surface area contributed by atoms with Gasteiger partial charge in [0.05, 0.1) is 13.2 Å². The van der Waals surface area contributed by atoms with Gasteiger partial charge in [0, 0.05) is 12.3 Å². The number of unbranched alkanes of at least 4 members (excludes halogenated alkanes) is 1. The second kappa shape index (κ2) is 10.5. The van der Waals surface area contributed by atoms with Crippen molar-refractivity contribution < 1.29 is 27.1 Å². The molecule has 1 atom stereocenters. The van der Waals surface area contributed by atoms with Crippen LogP contribution in [0.25, 0.3) is 0 Å². The van der Waals surface area contributed by atoms with E-state index in [1.54, 1.807) is 0 Å².